The van der Waals surface area contributed by atoms with Crippen molar-refractivity contribution in [2.75, 3.05) is 17.2 Å². The predicted octanol–water partition coefficient (Wildman–Crippen LogP) is 5.09. The van der Waals surface area contributed by atoms with Crippen molar-refractivity contribution in [1.82, 2.24) is 9.97 Å². The quantitative estimate of drug-likeness (QED) is 0.434. The fourth-order valence-electron chi connectivity index (χ4n) is 3.32. The van der Waals surface area contributed by atoms with Gasteiger partial charge in [-0.25, -0.2) is 4.98 Å². The second-order valence-corrected chi connectivity index (χ2v) is 7.22. The number of hydrogen-bond donors (Lipinski definition) is 3. The van der Waals surface area contributed by atoms with E-state index in [0.717, 1.165) is 29.9 Å². The molecule has 146 valence electrons. The highest BCUT2D eigenvalue weighted by molar-refractivity contribution is 6.04. The lowest BCUT2D eigenvalue weighted by molar-refractivity contribution is 0.102. The summed E-state index contributed by atoms with van der Waals surface area (Å²) in [6.45, 7) is 4.82. The van der Waals surface area contributed by atoms with E-state index in [1.807, 2.05) is 50.2 Å². The van der Waals surface area contributed by atoms with E-state index in [2.05, 4.69) is 45.0 Å². The Morgan fingerprint density at radius 2 is 1.90 bits per heavy atom. The number of nitrogens with zero attached hydrogens (tertiary/aromatic N) is 1. The Morgan fingerprint density at radius 3 is 2.69 bits per heavy atom. The minimum atomic E-state index is -0.130. The van der Waals surface area contributed by atoms with Gasteiger partial charge in [0.2, 0.25) is 0 Å². The highest BCUT2D eigenvalue weighted by Crippen LogP contribution is 2.18. The van der Waals surface area contributed by atoms with E-state index in [-0.39, 0.29) is 5.91 Å². The molecule has 29 heavy (non-hydrogen) atoms. The van der Waals surface area contributed by atoms with Crippen molar-refractivity contribution in [3.63, 3.8) is 0 Å². The molecule has 0 aliphatic carbocycles. The summed E-state index contributed by atoms with van der Waals surface area (Å²) in [6.07, 6.45) is 4.63. The fourth-order valence-corrected chi connectivity index (χ4v) is 3.32. The zero-order chi connectivity index (χ0) is 20.2. The van der Waals surface area contributed by atoms with Gasteiger partial charge in [0, 0.05) is 29.2 Å². The van der Waals surface area contributed by atoms with Gasteiger partial charge < -0.3 is 15.6 Å². The summed E-state index contributed by atoms with van der Waals surface area (Å²) in [4.78, 5) is 20.1. The van der Waals surface area contributed by atoms with Crippen LogP contribution in [0.1, 0.15) is 27.0 Å². The highest BCUT2D eigenvalue weighted by Gasteiger charge is 2.08. The fraction of sp³-hybridized carbons (Fsp3) is 0.167. The van der Waals surface area contributed by atoms with Crippen LogP contribution in [-0.2, 0) is 6.42 Å². The number of H-pyrrole nitrogens is 1. The van der Waals surface area contributed by atoms with Crippen molar-refractivity contribution in [1.29, 1.82) is 0 Å². The molecule has 0 bridgehead atoms. The van der Waals surface area contributed by atoms with E-state index in [4.69, 9.17) is 0 Å². The zero-order valence-electron chi connectivity index (χ0n) is 16.6. The number of fused-ring (bicyclic) bond motifs is 1. The van der Waals surface area contributed by atoms with Crippen LogP contribution in [0, 0.1) is 13.8 Å². The largest absolute Gasteiger partial charge is 0.370 e. The number of rotatable bonds is 6. The van der Waals surface area contributed by atoms with Crippen molar-refractivity contribution in [3.8, 4) is 0 Å². The summed E-state index contributed by atoms with van der Waals surface area (Å²) >= 11 is 0. The number of para-hydroxylation sites is 1. The van der Waals surface area contributed by atoms with Crippen molar-refractivity contribution < 1.29 is 4.79 Å². The number of pyridine rings is 1. The Kier molecular flexibility index (Phi) is 5.29. The first-order valence-corrected chi connectivity index (χ1v) is 9.74. The topological polar surface area (TPSA) is 69.8 Å². The summed E-state index contributed by atoms with van der Waals surface area (Å²) in [5.41, 5.74) is 6.04. The molecule has 0 fully saturated rings. The number of nitrogens with one attached hydrogen (secondary N) is 3. The average molecular weight is 384 g/mol. The van der Waals surface area contributed by atoms with E-state index in [9.17, 15) is 4.79 Å². The number of anilines is 2. The lowest BCUT2D eigenvalue weighted by atomic mass is 10.1. The molecule has 2 aromatic heterocycles. The average Bonchev–Trinajstić information content (AvgIpc) is 3.14. The number of aromatic amines is 1. The number of aryl methyl sites for hydroxylation is 2. The summed E-state index contributed by atoms with van der Waals surface area (Å²) in [7, 11) is 0. The minimum Gasteiger partial charge on any atom is -0.370 e. The Hall–Kier alpha value is -3.60. The smallest absolute Gasteiger partial charge is 0.255 e. The molecule has 4 rings (SSSR count). The molecule has 4 aromatic rings. The van der Waals surface area contributed by atoms with Crippen LogP contribution in [0.5, 0.6) is 0 Å². The highest BCUT2D eigenvalue weighted by atomic mass is 16.1. The van der Waals surface area contributed by atoms with Crippen LogP contribution in [0.25, 0.3) is 10.9 Å². The molecule has 0 atom stereocenters. The Bertz CT molecular complexity index is 1150. The first-order valence-electron chi connectivity index (χ1n) is 9.74. The molecule has 0 aliphatic heterocycles. The van der Waals surface area contributed by atoms with Gasteiger partial charge in [0.05, 0.1) is 11.9 Å². The number of carbonyl (C=O) groups is 1. The van der Waals surface area contributed by atoms with Gasteiger partial charge in [0.15, 0.2) is 0 Å². The monoisotopic (exact) mass is 384 g/mol. The van der Waals surface area contributed by atoms with Crippen molar-refractivity contribution in [2.24, 2.45) is 0 Å². The predicted molar refractivity (Wildman–Crippen MR) is 119 cm³/mol. The molecule has 5 heteroatoms. The molecule has 2 heterocycles. The maximum Gasteiger partial charge on any atom is 0.255 e. The maximum absolute atomic E-state index is 12.4. The third-order valence-electron chi connectivity index (χ3n) is 5.17. The van der Waals surface area contributed by atoms with E-state index in [0.29, 0.717) is 11.3 Å². The zero-order valence-corrected chi connectivity index (χ0v) is 16.6. The van der Waals surface area contributed by atoms with Gasteiger partial charge in [0.25, 0.3) is 5.91 Å². The number of amides is 1. The van der Waals surface area contributed by atoms with Gasteiger partial charge in [-0.05, 0) is 67.3 Å². The van der Waals surface area contributed by atoms with Crippen LogP contribution in [0.15, 0.2) is 67.0 Å². The van der Waals surface area contributed by atoms with Crippen LogP contribution in [0.2, 0.25) is 0 Å². The van der Waals surface area contributed by atoms with Crippen LogP contribution in [0.4, 0.5) is 11.5 Å². The number of carbonyl (C=O) groups excluding carboxylic acids is 1. The van der Waals surface area contributed by atoms with E-state index in [1.165, 1.54) is 16.5 Å². The molecule has 3 N–H and O–H groups in total. The van der Waals surface area contributed by atoms with E-state index in [1.54, 1.807) is 6.20 Å². The lowest BCUT2D eigenvalue weighted by Gasteiger charge is -2.09. The summed E-state index contributed by atoms with van der Waals surface area (Å²) in [6, 6.07) is 17.7. The summed E-state index contributed by atoms with van der Waals surface area (Å²) in [5.74, 6) is 0.656. The first kappa shape index (κ1) is 18.7. The standard InChI is InChI=1S/C24H24N4O/c1-16-7-8-18(13-17(16)2)24(29)28-20-9-10-23(27-15-20)25-12-11-19-14-26-22-6-4-3-5-21(19)22/h3-10,13-15,26H,11-12H2,1-2H3,(H,25,27)(H,28,29). The second-order valence-electron chi connectivity index (χ2n) is 7.22. The normalized spacial score (nSPS) is 10.8. The molecule has 1 amide bonds. The molecule has 5 nitrogen and oxygen atoms in total. The molecule has 0 unspecified atom stereocenters. The van der Waals surface area contributed by atoms with Crippen molar-refractivity contribution >= 4 is 28.3 Å². The molecule has 0 aliphatic rings. The molecular weight excluding hydrogens is 360 g/mol. The van der Waals surface area contributed by atoms with E-state index < -0.39 is 0 Å². The molecule has 2 aromatic carbocycles. The van der Waals surface area contributed by atoms with E-state index >= 15 is 0 Å². The molecule has 0 saturated heterocycles. The van der Waals surface area contributed by atoms with Crippen LogP contribution in [0.3, 0.4) is 0 Å². The number of aromatic nitrogens is 2. The third kappa shape index (κ3) is 4.29. The van der Waals surface area contributed by atoms with Crippen molar-refractivity contribution in [2.45, 2.75) is 20.3 Å². The molecule has 0 saturated carbocycles. The maximum atomic E-state index is 12.4. The van der Waals surface area contributed by atoms with Gasteiger partial charge in [-0.2, -0.15) is 0 Å². The molecular formula is C24H24N4O. The van der Waals surface area contributed by atoms with Crippen LogP contribution in [-0.4, -0.2) is 22.4 Å². The summed E-state index contributed by atoms with van der Waals surface area (Å²) in [5, 5.41) is 7.49. The molecule has 0 radical (unpaired) electrons. The second kappa shape index (κ2) is 8.19. The van der Waals surface area contributed by atoms with Crippen molar-refractivity contribution in [3.05, 3.63) is 89.2 Å². The van der Waals surface area contributed by atoms with Gasteiger partial charge >= 0.3 is 0 Å². The SMILES string of the molecule is Cc1ccc(C(=O)Nc2ccc(NCCc3c[nH]c4ccccc34)nc2)cc1C. The van der Waals surface area contributed by atoms with Crippen LogP contribution >= 0.6 is 0 Å². The first-order chi connectivity index (χ1) is 14.1. The lowest BCUT2D eigenvalue weighted by Crippen LogP contribution is -2.13. The number of benzene rings is 2. The van der Waals surface area contributed by atoms with Gasteiger partial charge in [-0.3, -0.25) is 4.79 Å². The Morgan fingerprint density at radius 1 is 1.03 bits per heavy atom. The van der Waals surface area contributed by atoms with Gasteiger partial charge in [0.1, 0.15) is 5.82 Å². The van der Waals surface area contributed by atoms with Gasteiger partial charge in [-0.15, -0.1) is 0 Å². The minimum absolute atomic E-state index is 0.130. The third-order valence-corrected chi connectivity index (χ3v) is 5.17. The Labute approximate surface area is 170 Å². The Balaban J connectivity index is 1.33. The van der Waals surface area contributed by atoms with Gasteiger partial charge in [-0.1, -0.05) is 24.3 Å². The molecule has 0 spiro atoms. The number of hydrogen-bond acceptors (Lipinski definition) is 3. The van der Waals surface area contributed by atoms with Crippen LogP contribution < -0.4 is 10.6 Å². The summed E-state index contributed by atoms with van der Waals surface area (Å²) < 4.78 is 0.